The number of nitrogens with zero attached hydrogens (tertiary/aromatic N) is 2. The molecule has 1 aliphatic rings. The maximum Gasteiger partial charge on any atom is 0.151 e. The highest BCUT2D eigenvalue weighted by molar-refractivity contribution is 5.63. The summed E-state index contributed by atoms with van der Waals surface area (Å²) in [4.78, 5) is 6.74. The number of piperidine rings is 1. The minimum Gasteiger partial charge on any atom is -0.396 e. The molecular formula is C13H21N3O. The Labute approximate surface area is 103 Å². The number of methoxy groups -OCH3 is 1. The van der Waals surface area contributed by atoms with E-state index in [0.717, 1.165) is 36.8 Å². The van der Waals surface area contributed by atoms with Crippen LogP contribution in [-0.4, -0.2) is 31.8 Å². The van der Waals surface area contributed by atoms with E-state index in [2.05, 4.69) is 9.88 Å². The van der Waals surface area contributed by atoms with Crippen LogP contribution in [0.1, 0.15) is 18.4 Å². The van der Waals surface area contributed by atoms with Crippen molar-refractivity contribution in [3.63, 3.8) is 0 Å². The summed E-state index contributed by atoms with van der Waals surface area (Å²) < 4.78 is 5.24. The van der Waals surface area contributed by atoms with E-state index in [-0.39, 0.29) is 0 Å². The second kappa shape index (κ2) is 5.36. The largest absolute Gasteiger partial charge is 0.396 e. The number of nitrogens with two attached hydrogens (primary N) is 1. The molecule has 4 nitrogen and oxygen atoms in total. The van der Waals surface area contributed by atoms with E-state index in [4.69, 9.17) is 10.5 Å². The molecule has 2 heterocycles. The Bertz CT molecular complexity index is 379. The lowest BCUT2D eigenvalue weighted by Crippen LogP contribution is -2.38. The number of aryl methyl sites for hydroxylation is 1. The highest BCUT2D eigenvalue weighted by atomic mass is 16.5. The molecule has 0 amide bonds. The molecule has 1 aliphatic heterocycles. The van der Waals surface area contributed by atoms with Crippen molar-refractivity contribution in [3.05, 3.63) is 17.8 Å². The van der Waals surface area contributed by atoms with Crippen molar-refractivity contribution in [1.29, 1.82) is 0 Å². The van der Waals surface area contributed by atoms with Crippen LogP contribution in [0.5, 0.6) is 0 Å². The number of anilines is 2. The standard InChI is InChI=1S/C13H21N3O/c1-10-6-12(14)13(15-7-10)16-5-3-4-11(8-16)9-17-2/h6-7,11H,3-5,8-9,14H2,1-2H3. The van der Waals surface area contributed by atoms with Gasteiger partial charge in [0.25, 0.3) is 0 Å². The smallest absolute Gasteiger partial charge is 0.151 e. The van der Waals surface area contributed by atoms with Crippen molar-refractivity contribution in [2.24, 2.45) is 5.92 Å². The zero-order valence-electron chi connectivity index (χ0n) is 10.6. The summed E-state index contributed by atoms with van der Waals surface area (Å²) in [5.41, 5.74) is 7.92. The van der Waals surface area contributed by atoms with E-state index in [1.807, 2.05) is 19.2 Å². The molecule has 0 bridgehead atoms. The monoisotopic (exact) mass is 235 g/mol. The van der Waals surface area contributed by atoms with E-state index >= 15 is 0 Å². The predicted molar refractivity (Wildman–Crippen MR) is 70.2 cm³/mol. The Kier molecular flexibility index (Phi) is 3.84. The molecule has 0 saturated carbocycles. The van der Waals surface area contributed by atoms with Crippen LogP contribution in [0.15, 0.2) is 12.3 Å². The van der Waals surface area contributed by atoms with Crippen LogP contribution in [0.4, 0.5) is 11.5 Å². The van der Waals surface area contributed by atoms with Gasteiger partial charge in [-0.25, -0.2) is 4.98 Å². The molecule has 2 N–H and O–H groups in total. The van der Waals surface area contributed by atoms with Gasteiger partial charge in [-0.15, -0.1) is 0 Å². The molecule has 0 aliphatic carbocycles. The topological polar surface area (TPSA) is 51.4 Å². The second-order valence-corrected chi connectivity index (χ2v) is 4.84. The van der Waals surface area contributed by atoms with Gasteiger partial charge in [0.15, 0.2) is 5.82 Å². The molecule has 1 aromatic rings. The van der Waals surface area contributed by atoms with Crippen LogP contribution in [0.2, 0.25) is 0 Å². The quantitative estimate of drug-likeness (QED) is 0.868. The third-order valence-electron chi connectivity index (χ3n) is 3.25. The van der Waals surface area contributed by atoms with Gasteiger partial charge in [0.1, 0.15) is 0 Å². The molecule has 2 rings (SSSR count). The molecule has 0 radical (unpaired) electrons. The summed E-state index contributed by atoms with van der Waals surface area (Å²) in [5, 5.41) is 0. The molecule has 17 heavy (non-hydrogen) atoms. The van der Waals surface area contributed by atoms with Crippen LogP contribution in [-0.2, 0) is 4.74 Å². The maximum absolute atomic E-state index is 6.04. The van der Waals surface area contributed by atoms with Gasteiger partial charge < -0.3 is 15.4 Å². The minimum absolute atomic E-state index is 0.594. The summed E-state index contributed by atoms with van der Waals surface area (Å²) in [5.74, 6) is 1.52. The highest BCUT2D eigenvalue weighted by Crippen LogP contribution is 2.26. The van der Waals surface area contributed by atoms with Crippen molar-refractivity contribution >= 4 is 11.5 Å². The van der Waals surface area contributed by atoms with Crippen LogP contribution in [0.25, 0.3) is 0 Å². The molecule has 1 aromatic heterocycles. The first kappa shape index (κ1) is 12.2. The van der Waals surface area contributed by atoms with E-state index in [9.17, 15) is 0 Å². The van der Waals surface area contributed by atoms with Crippen molar-refractivity contribution in [1.82, 2.24) is 4.98 Å². The van der Waals surface area contributed by atoms with Gasteiger partial charge in [-0.2, -0.15) is 0 Å². The molecule has 0 aromatic carbocycles. The average molecular weight is 235 g/mol. The zero-order chi connectivity index (χ0) is 12.3. The number of rotatable bonds is 3. The predicted octanol–water partition coefficient (Wildman–Crippen LogP) is 1.84. The normalized spacial score (nSPS) is 20.6. The molecule has 1 atom stereocenters. The average Bonchev–Trinajstić information content (AvgIpc) is 2.29. The summed E-state index contributed by atoms with van der Waals surface area (Å²) in [6.07, 6.45) is 4.30. The maximum atomic E-state index is 6.04. The van der Waals surface area contributed by atoms with Crippen molar-refractivity contribution in [2.75, 3.05) is 37.4 Å². The fourth-order valence-electron chi connectivity index (χ4n) is 2.48. The van der Waals surface area contributed by atoms with Gasteiger partial charge in [-0.1, -0.05) is 0 Å². The van der Waals surface area contributed by atoms with Crippen LogP contribution in [0.3, 0.4) is 0 Å². The van der Waals surface area contributed by atoms with Gasteiger partial charge in [0, 0.05) is 26.4 Å². The van der Waals surface area contributed by atoms with E-state index in [0.29, 0.717) is 5.92 Å². The van der Waals surface area contributed by atoms with E-state index < -0.39 is 0 Å². The number of hydrogen-bond acceptors (Lipinski definition) is 4. The fourth-order valence-corrected chi connectivity index (χ4v) is 2.48. The van der Waals surface area contributed by atoms with Gasteiger partial charge >= 0.3 is 0 Å². The van der Waals surface area contributed by atoms with Crippen LogP contribution >= 0.6 is 0 Å². The lowest BCUT2D eigenvalue weighted by molar-refractivity contribution is 0.143. The van der Waals surface area contributed by atoms with E-state index in [1.165, 1.54) is 12.8 Å². The van der Waals surface area contributed by atoms with Gasteiger partial charge in [0.2, 0.25) is 0 Å². The van der Waals surface area contributed by atoms with Gasteiger partial charge in [0.05, 0.1) is 12.3 Å². The summed E-state index contributed by atoms with van der Waals surface area (Å²) in [6, 6.07) is 1.99. The number of pyridine rings is 1. The Hall–Kier alpha value is -1.29. The number of hydrogen-bond donors (Lipinski definition) is 1. The summed E-state index contributed by atoms with van der Waals surface area (Å²) in [6.45, 7) is 4.87. The number of nitrogen functional groups attached to an aromatic ring is 1. The lowest BCUT2D eigenvalue weighted by Gasteiger charge is -2.33. The zero-order valence-corrected chi connectivity index (χ0v) is 10.6. The lowest BCUT2D eigenvalue weighted by atomic mass is 9.99. The van der Waals surface area contributed by atoms with Crippen LogP contribution in [0, 0.1) is 12.8 Å². The highest BCUT2D eigenvalue weighted by Gasteiger charge is 2.22. The van der Waals surface area contributed by atoms with E-state index in [1.54, 1.807) is 7.11 Å². The third-order valence-corrected chi connectivity index (χ3v) is 3.25. The Morgan fingerprint density at radius 2 is 2.41 bits per heavy atom. The Morgan fingerprint density at radius 3 is 3.12 bits per heavy atom. The molecule has 1 saturated heterocycles. The SMILES string of the molecule is COCC1CCCN(c2ncc(C)cc2N)C1. The number of ether oxygens (including phenoxy) is 1. The molecule has 94 valence electrons. The minimum atomic E-state index is 0.594. The molecule has 4 heteroatoms. The first-order chi connectivity index (χ1) is 8.20. The van der Waals surface area contributed by atoms with Crippen molar-refractivity contribution < 1.29 is 4.74 Å². The van der Waals surface area contributed by atoms with Crippen molar-refractivity contribution in [3.8, 4) is 0 Å². The van der Waals surface area contributed by atoms with Crippen molar-refractivity contribution in [2.45, 2.75) is 19.8 Å². The first-order valence-electron chi connectivity index (χ1n) is 6.16. The number of aromatic nitrogens is 1. The molecule has 0 spiro atoms. The van der Waals surface area contributed by atoms with Gasteiger partial charge in [-0.3, -0.25) is 0 Å². The van der Waals surface area contributed by atoms with Crippen LogP contribution < -0.4 is 10.6 Å². The fraction of sp³-hybridized carbons (Fsp3) is 0.615. The summed E-state index contributed by atoms with van der Waals surface area (Å²) >= 11 is 0. The Morgan fingerprint density at radius 1 is 1.59 bits per heavy atom. The molecule has 1 unspecified atom stereocenters. The molecular weight excluding hydrogens is 214 g/mol. The third kappa shape index (κ3) is 2.88. The summed E-state index contributed by atoms with van der Waals surface area (Å²) in [7, 11) is 1.76. The second-order valence-electron chi connectivity index (χ2n) is 4.84. The molecule has 1 fully saturated rings. The first-order valence-corrected chi connectivity index (χ1v) is 6.16. The Balaban J connectivity index is 2.10. The van der Waals surface area contributed by atoms with Gasteiger partial charge in [-0.05, 0) is 37.3 Å².